The number of carboxylic acids is 1. The summed E-state index contributed by atoms with van der Waals surface area (Å²) in [5, 5.41) is 14.3. The molecule has 10 heteroatoms. The molecule has 0 spiro atoms. The van der Waals surface area contributed by atoms with Crippen molar-refractivity contribution in [3.05, 3.63) is 0 Å². The van der Waals surface area contributed by atoms with Crippen molar-refractivity contribution in [1.29, 1.82) is 0 Å². The fourth-order valence-electron chi connectivity index (χ4n) is 2.18. The Balaban J connectivity index is 2.76. The first kappa shape index (κ1) is 21.5. The number of rotatable bonds is 9. The van der Waals surface area contributed by atoms with Crippen molar-refractivity contribution < 1.29 is 32.1 Å². The van der Waals surface area contributed by atoms with Gasteiger partial charge in [0.15, 0.2) is 6.10 Å². The molecule has 1 saturated heterocycles. The van der Waals surface area contributed by atoms with E-state index in [0.717, 1.165) is 6.42 Å². The first-order chi connectivity index (χ1) is 11.7. The molecule has 0 aromatic carbocycles. The van der Waals surface area contributed by atoms with Gasteiger partial charge in [0, 0.05) is 6.54 Å². The van der Waals surface area contributed by atoms with E-state index in [1.165, 1.54) is 0 Å². The Morgan fingerprint density at radius 1 is 1.16 bits per heavy atom. The Morgan fingerprint density at radius 2 is 1.76 bits per heavy atom. The maximum Gasteiger partial charge on any atom is 0.337 e. The lowest BCUT2D eigenvalue weighted by molar-refractivity contribution is -0.150. The maximum absolute atomic E-state index is 12.4. The predicted molar refractivity (Wildman–Crippen MR) is 89.4 cm³/mol. The minimum absolute atomic E-state index is 0.181. The second-order valence-electron chi connectivity index (χ2n) is 6.42. The molecule has 0 saturated carbocycles. The minimum atomic E-state index is -2.31. The van der Waals surface area contributed by atoms with Crippen LogP contribution in [0, 0.1) is 11.8 Å². The Bertz CT molecular complexity index is 526. The topological polar surface area (TPSA) is 131 Å². The van der Waals surface area contributed by atoms with Gasteiger partial charge in [-0.25, -0.2) is 8.98 Å². The van der Waals surface area contributed by atoms with Crippen LogP contribution in [0.25, 0.3) is 0 Å². The summed E-state index contributed by atoms with van der Waals surface area (Å²) >= 11 is -2.31. The van der Waals surface area contributed by atoms with Crippen molar-refractivity contribution in [3.63, 3.8) is 0 Å². The number of nitrogens with one attached hydrogen (secondary N) is 2. The smallest absolute Gasteiger partial charge is 0.337 e. The number of carboxylic acid groups (broad SMARTS) is 1. The molecule has 1 aliphatic heterocycles. The van der Waals surface area contributed by atoms with Crippen molar-refractivity contribution >= 4 is 29.1 Å². The fraction of sp³-hybridized carbons (Fsp3) is 0.800. The van der Waals surface area contributed by atoms with Crippen LogP contribution in [0.4, 0.5) is 0 Å². The minimum Gasteiger partial charge on any atom is -0.479 e. The zero-order chi connectivity index (χ0) is 19.1. The molecular formula is C15H26N2O7S. The lowest BCUT2D eigenvalue weighted by Crippen LogP contribution is -2.54. The standard InChI is InChI=1S/C15H26N2O7S/c1-5-9(4)10(13(18)16-7-6-8(2)3)17-14(19)11-12(15(20)21)24-25(22)23-11/h8-12H,5-7H2,1-4H3,(H,16,18)(H,17,19)(H,20,21)/t9?,10?,11-,12-,25?/m0/s1. The molecule has 25 heavy (non-hydrogen) atoms. The molecule has 144 valence electrons. The molecule has 1 heterocycles. The normalized spacial score (nSPS) is 25.4. The van der Waals surface area contributed by atoms with Gasteiger partial charge in [-0.05, 0) is 18.3 Å². The van der Waals surface area contributed by atoms with Gasteiger partial charge in [0.2, 0.25) is 12.0 Å². The van der Waals surface area contributed by atoms with Crippen LogP contribution in [0.5, 0.6) is 0 Å². The molecule has 3 N–H and O–H groups in total. The first-order valence-corrected chi connectivity index (χ1v) is 9.24. The summed E-state index contributed by atoms with van der Waals surface area (Å²) in [7, 11) is 0. The maximum atomic E-state index is 12.4. The van der Waals surface area contributed by atoms with Gasteiger partial charge in [-0.1, -0.05) is 34.1 Å². The number of amides is 2. The Labute approximate surface area is 149 Å². The van der Waals surface area contributed by atoms with Gasteiger partial charge in [0.25, 0.3) is 5.91 Å². The molecule has 0 aromatic rings. The van der Waals surface area contributed by atoms with Crippen LogP contribution in [-0.2, 0) is 34.1 Å². The average molecular weight is 378 g/mol. The molecule has 0 aliphatic carbocycles. The summed E-state index contributed by atoms with van der Waals surface area (Å²) in [6.45, 7) is 8.21. The molecule has 5 atom stereocenters. The van der Waals surface area contributed by atoms with Gasteiger partial charge in [-0.3, -0.25) is 13.8 Å². The molecule has 3 unspecified atom stereocenters. The highest BCUT2D eigenvalue weighted by Gasteiger charge is 2.46. The second-order valence-corrected chi connectivity index (χ2v) is 7.21. The second kappa shape index (κ2) is 9.83. The predicted octanol–water partition coefficient (Wildman–Crippen LogP) is 0.127. The van der Waals surface area contributed by atoms with Gasteiger partial charge >= 0.3 is 17.3 Å². The number of carbonyl (C=O) groups excluding carboxylic acids is 2. The van der Waals surface area contributed by atoms with Crippen LogP contribution in [0.2, 0.25) is 0 Å². The molecule has 1 rings (SSSR count). The van der Waals surface area contributed by atoms with E-state index in [0.29, 0.717) is 18.9 Å². The highest BCUT2D eigenvalue weighted by atomic mass is 32.2. The third kappa shape index (κ3) is 6.37. The fourth-order valence-corrected chi connectivity index (χ4v) is 2.93. The molecule has 9 nitrogen and oxygen atoms in total. The third-order valence-corrected chi connectivity index (χ3v) is 4.68. The van der Waals surface area contributed by atoms with Crippen LogP contribution in [0.1, 0.15) is 40.5 Å². The highest BCUT2D eigenvalue weighted by molar-refractivity contribution is 7.75. The van der Waals surface area contributed by atoms with E-state index in [1.54, 1.807) is 6.92 Å². The van der Waals surface area contributed by atoms with Gasteiger partial charge in [-0.2, -0.15) is 4.21 Å². The van der Waals surface area contributed by atoms with Gasteiger partial charge in [-0.15, -0.1) is 0 Å². The number of hydrogen-bond acceptors (Lipinski definition) is 6. The van der Waals surface area contributed by atoms with Crippen molar-refractivity contribution in [2.75, 3.05) is 6.54 Å². The quantitative estimate of drug-likeness (QED) is 0.519. The van der Waals surface area contributed by atoms with Crippen molar-refractivity contribution in [1.82, 2.24) is 10.6 Å². The van der Waals surface area contributed by atoms with Crippen LogP contribution in [-0.4, -0.2) is 51.9 Å². The molecule has 0 aromatic heterocycles. The SMILES string of the molecule is CCC(C)C(NC(=O)[C@H]1OS(=O)O[C@@H]1C(=O)O)C(=O)NCCC(C)C. The molecule has 1 fully saturated rings. The Hall–Kier alpha value is -1.52. The van der Waals surface area contributed by atoms with Gasteiger partial charge in [0.1, 0.15) is 6.04 Å². The lowest BCUT2D eigenvalue weighted by Gasteiger charge is -2.25. The van der Waals surface area contributed by atoms with E-state index >= 15 is 0 Å². The van der Waals surface area contributed by atoms with E-state index in [2.05, 4.69) is 14.8 Å². The highest BCUT2D eigenvalue weighted by Crippen LogP contribution is 2.19. The number of carbonyl (C=O) groups is 3. The summed E-state index contributed by atoms with van der Waals surface area (Å²) in [5.41, 5.74) is 0. The van der Waals surface area contributed by atoms with E-state index in [1.807, 2.05) is 20.8 Å². The number of aliphatic carboxylic acids is 1. The van der Waals surface area contributed by atoms with Crippen molar-refractivity contribution in [2.24, 2.45) is 11.8 Å². The van der Waals surface area contributed by atoms with Crippen LogP contribution < -0.4 is 10.6 Å². The first-order valence-electron chi connectivity index (χ1n) is 8.24. The monoisotopic (exact) mass is 378 g/mol. The molecular weight excluding hydrogens is 352 g/mol. The summed E-state index contributed by atoms with van der Waals surface area (Å²) in [6.07, 6.45) is -1.83. The molecule has 0 radical (unpaired) electrons. The summed E-state index contributed by atoms with van der Waals surface area (Å²) in [5.74, 6) is -2.42. The summed E-state index contributed by atoms with van der Waals surface area (Å²) in [6, 6.07) is -0.850. The van der Waals surface area contributed by atoms with E-state index in [4.69, 9.17) is 9.29 Å². The Kier molecular flexibility index (Phi) is 8.46. The van der Waals surface area contributed by atoms with Crippen LogP contribution in [0.15, 0.2) is 0 Å². The molecule has 2 amide bonds. The van der Waals surface area contributed by atoms with E-state index < -0.39 is 41.5 Å². The summed E-state index contributed by atoms with van der Waals surface area (Å²) in [4.78, 5) is 35.8. The summed E-state index contributed by atoms with van der Waals surface area (Å²) < 4.78 is 20.5. The lowest BCUT2D eigenvalue weighted by atomic mass is 9.97. The van der Waals surface area contributed by atoms with Gasteiger partial charge < -0.3 is 15.7 Å². The average Bonchev–Trinajstić information content (AvgIpc) is 2.93. The van der Waals surface area contributed by atoms with Crippen LogP contribution >= 0.6 is 0 Å². The third-order valence-electron chi connectivity index (χ3n) is 3.96. The number of hydrogen-bond donors (Lipinski definition) is 3. The zero-order valence-corrected chi connectivity index (χ0v) is 15.6. The zero-order valence-electron chi connectivity index (χ0n) is 14.8. The molecule has 0 bridgehead atoms. The largest absolute Gasteiger partial charge is 0.479 e. The van der Waals surface area contributed by atoms with Crippen molar-refractivity contribution in [3.8, 4) is 0 Å². The van der Waals surface area contributed by atoms with Crippen LogP contribution in [0.3, 0.4) is 0 Å². The van der Waals surface area contributed by atoms with Crippen molar-refractivity contribution in [2.45, 2.75) is 58.8 Å². The molecule has 1 aliphatic rings. The van der Waals surface area contributed by atoms with E-state index in [-0.39, 0.29) is 11.8 Å². The Morgan fingerprint density at radius 3 is 2.28 bits per heavy atom. The van der Waals surface area contributed by atoms with Gasteiger partial charge in [0.05, 0.1) is 0 Å². The van der Waals surface area contributed by atoms with E-state index in [9.17, 15) is 18.6 Å².